The van der Waals surface area contributed by atoms with Gasteiger partial charge in [0.15, 0.2) is 0 Å². The lowest BCUT2D eigenvalue weighted by Crippen LogP contribution is -2.52. The molecule has 0 radical (unpaired) electrons. The molecule has 3 rings (SSSR count). The first kappa shape index (κ1) is 20.7. The van der Waals surface area contributed by atoms with Crippen LogP contribution in [0.4, 0.5) is 5.82 Å². The second kappa shape index (κ2) is 8.98. The average Bonchev–Trinajstić information content (AvgIpc) is 2.69. The van der Waals surface area contributed by atoms with Crippen LogP contribution in [0.2, 0.25) is 0 Å². The van der Waals surface area contributed by atoms with E-state index in [1.807, 2.05) is 4.90 Å². The Balaban J connectivity index is 1.91. The second-order valence-electron chi connectivity index (χ2n) is 7.60. The number of methoxy groups -OCH3 is 2. The van der Waals surface area contributed by atoms with Crippen molar-refractivity contribution in [2.24, 2.45) is 0 Å². The van der Waals surface area contributed by atoms with Crippen molar-refractivity contribution >= 4 is 18.1 Å². The number of ether oxygens (including phenoxy) is 2. The molecule has 8 nitrogen and oxygen atoms in total. The lowest BCUT2D eigenvalue weighted by molar-refractivity contribution is -0.137. The third kappa shape index (κ3) is 4.19. The maximum Gasteiger partial charge on any atom is 0.237 e. The van der Waals surface area contributed by atoms with E-state index in [1.54, 1.807) is 19.1 Å². The number of fused-ring (bicyclic) bond motifs is 1. The van der Waals surface area contributed by atoms with Crippen molar-refractivity contribution in [2.45, 2.75) is 45.6 Å². The largest absolute Gasteiger partial charge is 0.350 e. The van der Waals surface area contributed by atoms with Crippen LogP contribution in [0.5, 0.6) is 0 Å². The average molecular weight is 390 g/mol. The van der Waals surface area contributed by atoms with Gasteiger partial charge in [-0.1, -0.05) is 0 Å². The SMILES string of the molecule is COC(OC)c1nc2c(cc1CN1CCN(C(C)C)CC1=O)CCCN2C=O. The molecule has 2 amide bonds. The van der Waals surface area contributed by atoms with Crippen molar-refractivity contribution in [1.82, 2.24) is 14.8 Å². The first-order chi connectivity index (χ1) is 13.5. The van der Waals surface area contributed by atoms with Crippen molar-refractivity contribution in [1.29, 1.82) is 0 Å². The third-order valence-corrected chi connectivity index (χ3v) is 5.53. The van der Waals surface area contributed by atoms with Crippen LogP contribution in [-0.4, -0.2) is 73.5 Å². The molecule has 2 aliphatic rings. The number of rotatable bonds is 7. The molecular formula is C20H30N4O4. The van der Waals surface area contributed by atoms with Crippen LogP contribution in [0.15, 0.2) is 6.07 Å². The highest BCUT2D eigenvalue weighted by Gasteiger charge is 2.29. The van der Waals surface area contributed by atoms with E-state index < -0.39 is 6.29 Å². The molecule has 1 aromatic rings. The van der Waals surface area contributed by atoms with Gasteiger partial charge in [-0.2, -0.15) is 0 Å². The van der Waals surface area contributed by atoms with Crippen LogP contribution in [0.1, 0.15) is 43.4 Å². The summed E-state index contributed by atoms with van der Waals surface area (Å²) in [4.78, 5) is 34.5. The first-order valence-corrected chi connectivity index (χ1v) is 9.80. The van der Waals surface area contributed by atoms with Crippen LogP contribution in [0.3, 0.4) is 0 Å². The van der Waals surface area contributed by atoms with Crippen LogP contribution in [0, 0.1) is 0 Å². The Hall–Kier alpha value is -2.03. The standard InChI is InChI=1S/C20H30N4O4/c1-14(2)22-8-9-23(17(26)12-22)11-16-10-15-6-5-7-24(13-25)19(15)21-18(16)20(27-3)28-4/h10,13-14,20H,5-9,11-12H2,1-4H3. The van der Waals surface area contributed by atoms with E-state index in [2.05, 4.69) is 24.8 Å². The maximum atomic E-state index is 12.7. The number of carbonyl (C=O) groups is 2. The molecule has 0 saturated carbocycles. The van der Waals surface area contributed by atoms with E-state index in [4.69, 9.17) is 14.5 Å². The summed E-state index contributed by atoms with van der Waals surface area (Å²) in [5, 5.41) is 0. The minimum atomic E-state index is -0.650. The third-order valence-electron chi connectivity index (χ3n) is 5.53. The summed E-state index contributed by atoms with van der Waals surface area (Å²) in [7, 11) is 3.12. The fourth-order valence-electron chi connectivity index (χ4n) is 3.88. The molecule has 0 aliphatic carbocycles. The zero-order chi connectivity index (χ0) is 20.3. The summed E-state index contributed by atoms with van der Waals surface area (Å²) in [6.07, 6.45) is 1.93. The number of anilines is 1. The molecule has 1 fully saturated rings. The molecular weight excluding hydrogens is 360 g/mol. The maximum absolute atomic E-state index is 12.7. The Morgan fingerprint density at radius 1 is 1.21 bits per heavy atom. The van der Waals surface area contributed by atoms with E-state index in [1.165, 1.54) is 0 Å². The highest BCUT2D eigenvalue weighted by molar-refractivity contribution is 5.79. The molecule has 1 aromatic heterocycles. The highest BCUT2D eigenvalue weighted by Crippen LogP contribution is 2.31. The molecule has 2 aliphatic heterocycles. The van der Waals surface area contributed by atoms with E-state index in [9.17, 15) is 9.59 Å². The summed E-state index contributed by atoms with van der Waals surface area (Å²) in [6.45, 7) is 7.30. The Bertz CT molecular complexity index is 720. The monoisotopic (exact) mass is 390 g/mol. The Morgan fingerprint density at radius 3 is 2.57 bits per heavy atom. The van der Waals surface area contributed by atoms with Crippen LogP contribution in [-0.2, 0) is 32.0 Å². The molecule has 8 heteroatoms. The van der Waals surface area contributed by atoms with Gasteiger partial charge < -0.3 is 14.4 Å². The predicted octanol–water partition coefficient (Wildman–Crippen LogP) is 1.33. The van der Waals surface area contributed by atoms with Crippen molar-refractivity contribution in [3.8, 4) is 0 Å². The van der Waals surface area contributed by atoms with E-state index in [-0.39, 0.29) is 5.91 Å². The molecule has 0 unspecified atom stereocenters. The van der Waals surface area contributed by atoms with E-state index >= 15 is 0 Å². The molecule has 1 saturated heterocycles. The molecule has 0 atom stereocenters. The normalized spacial score (nSPS) is 18.1. The summed E-state index contributed by atoms with van der Waals surface area (Å²) in [5.74, 6) is 0.777. The molecule has 154 valence electrons. The number of aryl methyl sites for hydroxylation is 1. The van der Waals surface area contributed by atoms with Crippen molar-refractivity contribution in [3.05, 3.63) is 22.9 Å². The number of hydrogen-bond acceptors (Lipinski definition) is 6. The molecule has 0 aromatic carbocycles. The van der Waals surface area contributed by atoms with Gasteiger partial charge >= 0.3 is 0 Å². The number of hydrogen-bond donors (Lipinski definition) is 0. The smallest absolute Gasteiger partial charge is 0.237 e. The Morgan fingerprint density at radius 2 is 1.96 bits per heavy atom. The molecule has 0 bridgehead atoms. The molecule has 0 N–H and O–H groups in total. The quantitative estimate of drug-likeness (QED) is 0.517. The zero-order valence-corrected chi connectivity index (χ0v) is 17.2. The van der Waals surface area contributed by atoms with E-state index in [0.29, 0.717) is 43.7 Å². The zero-order valence-electron chi connectivity index (χ0n) is 17.2. The van der Waals surface area contributed by atoms with Crippen LogP contribution in [0.25, 0.3) is 0 Å². The number of aromatic nitrogens is 1. The first-order valence-electron chi connectivity index (χ1n) is 9.80. The van der Waals surface area contributed by atoms with Gasteiger partial charge in [-0.3, -0.25) is 19.4 Å². The lowest BCUT2D eigenvalue weighted by Gasteiger charge is -2.37. The number of pyridine rings is 1. The van der Waals surface area contributed by atoms with Gasteiger partial charge in [0.05, 0.1) is 6.54 Å². The van der Waals surface area contributed by atoms with Crippen LogP contribution < -0.4 is 4.90 Å². The van der Waals surface area contributed by atoms with Crippen molar-refractivity contribution in [3.63, 3.8) is 0 Å². The number of carbonyl (C=O) groups excluding carboxylic acids is 2. The molecule has 0 spiro atoms. The number of amides is 2. The van der Waals surface area contributed by atoms with Gasteiger partial charge in [-0.05, 0) is 43.9 Å². The van der Waals surface area contributed by atoms with Crippen LogP contribution >= 0.6 is 0 Å². The van der Waals surface area contributed by atoms with Crippen molar-refractivity contribution < 1.29 is 19.1 Å². The molecule has 28 heavy (non-hydrogen) atoms. The predicted molar refractivity (Wildman–Crippen MR) is 105 cm³/mol. The summed E-state index contributed by atoms with van der Waals surface area (Å²) >= 11 is 0. The van der Waals surface area contributed by atoms with Gasteiger partial charge in [-0.15, -0.1) is 0 Å². The fraction of sp³-hybridized carbons (Fsp3) is 0.650. The van der Waals surface area contributed by atoms with Gasteiger partial charge in [0.25, 0.3) is 0 Å². The fourth-order valence-corrected chi connectivity index (χ4v) is 3.88. The lowest BCUT2D eigenvalue weighted by atomic mass is 10.0. The Labute approximate surface area is 166 Å². The van der Waals surface area contributed by atoms with Gasteiger partial charge in [0.1, 0.15) is 11.5 Å². The molecule has 3 heterocycles. The summed E-state index contributed by atoms with van der Waals surface area (Å²) < 4.78 is 10.9. The topological polar surface area (TPSA) is 75.2 Å². The highest BCUT2D eigenvalue weighted by atomic mass is 16.7. The van der Waals surface area contributed by atoms with Gasteiger partial charge in [0, 0.05) is 46.4 Å². The van der Waals surface area contributed by atoms with Crippen molar-refractivity contribution in [2.75, 3.05) is 45.3 Å². The number of piperazine rings is 1. The minimum Gasteiger partial charge on any atom is -0.350 e. The summed E-state index contributed by atoms with van der Waals surface area (Å²) in [6, 6.07) is 2.41. The van der Waals surface area contributed by atoms with Gasteiger partial charge in [0.2, 0.25) is 18.6 Å². The van der Waals surface area contributed by atoms with Gasteiger partial charge in [-0.25, -0.2) is 4.98 Å². The minimum absolute atomic E-state index is 0.115. The van der Waals surface area contributed by atoms with E-state index in [0.717, 1.165) is 36.9 Å². The summed E-state index contributed by atoms with van der Waals surface area (Å²) in [5.41, 5.74) is 2.56. The number of nitrogens with zero attached hydrogens (tertiary/aromatic N) is 4. The second-order valence-corrected chi connectivity index (χ2v) is 7.60. The Kier molecular flexibility index (Phi) is 6.64.